The lowest BCUT2D eigenvalue weighted by molar-refractivity contribution is -0.124. The van der Waals surface area contributed by atoms with E-state index < -0.39 is 0 Å². The number of halogens is 1. The van der Waals surface area contributed by atoms with Gasteiger partial charge in [-0.3, -0.25) is 9.59 Å². The van der Waals surface area contributed by atoms with Crippen molar-refractivity contribution in [2.24, 2.45) is 5.92 Å². The standard InChI is InChI=1S/C15H17BrN2O2/c16-12-7-3-4-8-13(12)18-15(20)10-17-14(19)9-11-5-1-2-6-11/h1,3-5,7-8,11H,2,6,9-10H2,(H,17,19)(H,18,20). The second-order valence-electron chi connectivity index (χ2n) is 4.77. The summed E-state index contributed by atoms with van der Waals surface area (Å²) in [4.78, 5) is 23.4. The third-order valence-electron chi connectivity index (χ3n) is 3.15. The molecule has 0 spiro atoms. The van der Waals surface area contributed by atoms with Gasteiger partial charge in [0.15, 0.2) is 0 Å². The molecule has 0 saturated carbocycles. The number of benzene rings is 1. The van der Waals surface area contributed by atoms with Gasteiger partial charge in [-0.2, -0.15) is 0 Å². The molecule has 1 atom stereocenters. The summed E-state index contributed by atoms with van der Waals surface area (Å²) in [5.41, 5.74) is 0.700. The first kappa shape index (κ1) is 14.8. The number of rotatable bonds is 5. The molecule has 0 aromatic heterocycles. The average Bonchev–Trinajstić information content (AvgIpc) is 2.92. The number of nitrogens with one attached hydrogen (secondary N) is 2. The van der Waals surface area contributed by atoms with Crippen molar-refractivity contribution in [3.8, 4) is 0 Å². The van der Waals surface area contributed by atoms with Crippen LogP contribution >= 0.6 is 15.9 Å². The number of hydrogen-bond acceptors (Lipinski definition) is 2. The van der Waals surface area contributed by atoms with Crippen LogP contribution in [0.1, 0.15) is 19.3 Å². The lowest BCUT2D eigenvalue weighted by atomic mass is 10.1. The summed E-state index contributed by atoms with van der Waals surface area (Å²) in [7, 11) is 0. The molecular formula is C15H17BrN2O2. The Bertz CT molecular complexity index is 528. The fourth-order valence-electron chi connectivity index (χ4n) is 2.11. The third-order valence-corrected chi connectivity index (χ3v) is 3.85. The molecular weight excluding hydrogens is 320 g/mol. The fourth-order valence-corrected chi connectivity index (χ4v) is 2.50. The van der Waals surface area contributed by atoms with Crippen molar-refractivity contribution in [1.29, 1.82) is 0 Å². The Morgan fingerprint density at radius 3 is 2.75 bits per heavy atom. The molecule has 0 radical (unpaired) electrons. The molecule has 0 fully saturated rings. The van der Waals surface area contributed by atoms with Crippen molar-refractivity contribution in [2.45, 2.75) is 19.3 Å². The van der Waals surface area contributed by atoms with Gasteiger partial charge in [0, 0.05) is 10.9 Å². The summed E-state index contributed by atoms with van der Waals surface area (Å²) >= 11 is 3.35. The van der Waals surface area contributed by atoms with E-state index in [9.17, 15) is 9.59 Å². The molecule has 1 aliphatic rings. The SMILES string of the molecule is O=C(CC1C=CCC1)NCC(=O)Nc1ccccc1Br. The van der Waals surface area contributed by atoms with Crippen LogP contribution in [0.3, 0.4) is 0 Å². The van der Waals surface area contributed by atoms with Gasteiger partial charge in [0.1, 0.15) is 0 Å². The van der Waals surface area contributed by atoms with Crippen LogP contribution in [0.2, 0.25) is 0 Å². The van der Waals surface area contributed by atoms with Crippen molar-refractivity contribution in [2.75, 3.05) is 11.9 Å². The molecule has 5 heteroatoms. The normalized spacial score (nSPS) is 16.9. The van der Waals surface area contributed by atoms with Gasteiger partial charge < -0.3 is 10.6 Å². The minimum absolute atomic E-state index is 0.00337. The van der Waals surface area contributed by atoms with Crippen molar-refractivity contribution >= 4 is 33.4 Å². The van der Waals surface area contributed by atoms with Gasteiger partial charge in [-0.1, -0.05) is 24.3 Å². The first-order valence-electron chi connectivity index (χ1n) is 6.63. The Morgan fingerprint density at radius 1 is 1.25 bits per heavy atom. The Balaban J connectivity index is 1.73. The minimum Gasteiger partial charge on any atom is -0.347 e. The maximum atomic E-state index is 11.7. The number of hydrogen-bond donors (Lipinski definition) is 2. The first-order chi connectivity index (χ1) is 9.65. The molecule has 4 nitrogen and oxygen atoms in total. The molecule has 1 aliphatic carbocycles. The molecule has 0 aliphatic heterocycles. The number of carbonyl (C=O) groups excluding carboxylic acids is 2. The van der Waals surface area contributed by atoms with Crippen LogP contribution < -0.4 is 10.6 Å². The Hall–Kier alpha value is -1.62. The van der Waals surface area contributed by atoms with E-state index in [0.717, 1.165) is 17.3 Å². The summed E-state index contributed by atoms with van der Waals surface area (Å²) in [5, 5.41) is 5.39. The van der Waals surface area contributed by atoms with E-state index in [1.807, 2.05) is 18.2 Å². The maximum absolute atomic E-state index is 11.7. The second-order valence-corrected chi connectivity index (χ2v) is 5.63. The van der Waals surface area contributed by atoms with Crippen LogP contribution in [-0.2, 0) is 9.59 Å². The number of carbonyl (C=O) groups is 2. The molecule has 106 valence electrons. The number of para-hydroxylation sites is 1. The van der Waals surface area contributed by atoms with Crippen LogP contribution in [0, 0.1) is 5.92 Å². The van der Waals surface area contributed by atoms with E-state index in [-0.39, 0.29) is 18.4 Å². The van der Waals surface area contributed by atoms with Crippen LogP contribution in [0.4, 0.5) is 5.69 Å². The monoisotopic (exact) mass is 336 g/mol. The predicted octanol–water partition coefficient (Wildman–Crippen LogP) is 2.86. The van der Waals surface area contributed by atoms with Gasteiger partial charge >= 0.3 is 0 Å². The molecule has 1 unspecified atom stereocenters. The van der Waals surface area contributed by atoms with Crippen molar-refractivity contribution in [3.63, 3.8) is 0 Å². The van der Waals surface area contributed by atoms with Crippen LogP contribution in [0.5, 0.6) is 0 Å². The Kier molecular flexibility index (Phi) is 5.35. The number of anilines is 1. The molecule has 0 bridgehead atoms. The molecule has 0 saturated heterocycles. The Morgan fingerprint density at radius 2 is 2.05 bits per heavy atom. The molecule has 20 heavy (non-hydrogen) atoms. The highest BCUT2D eigenvalue weighted by atomic mass is 79.9. The van der Waals surface area contributed by atoms with Gasteiger partial charge in [0.05, 0.1) is 12.2 Å². The van der Waals surface area contributed by atoms with E-state index in [1.165, 1.54) is 0 Å². The first-order valence-corrected chi connectivity index (χ1v) is 7.42. The third kappa shape index (κ3) is 4.49. The van der Waals surface area contributed by atoms with Gasteiger partial charge in [-0.25, -0.2) is 0 Å². The van der Waals surface area contributed by atoms with E-state index in [0.29, 0.717) is 18.0 Å². The summed E-state index contributed by atoms with van der Waals surface area (Å²) in [6.45, 7) is -0.00337. The molecule has 0 heterocycles. The van der Waals surface area contributed by atoms with E-state index >= 15 is 0 Å². The largest absolute Gasteiger partial charge is 0.347 e. The van der Waals surface area contributed by atoms with E-state index in [4.69, 9.17) is 0 Å². The summed E-state index contributed by atoms with van der Waals surface area (Å²) in [5.74, 6) is 0.0115. The number of amides is 2. The van der Waals surface area contributed by atoms with Crippen LogP contribution in [-0.4, -0.2) is 18.4 Å². The zero-order chi connectivity index (χ0) is 14.4. The lowest BCUT2D eigenvalue weighted by Gasteiger charge is -2.10. The maximum Gasteiger partial charge on any atom is 0.243 e. The molecule has 1 aromatic carbocycles. The minimum atomic E-state index is -0.229. The highest BCUT2D eigenvalue weighted by Gasteiger charge is 2.14. The van der Waals surface area contributed by atoms with Gasteiger partial charge in [0.25, 0.3) is 0 Å². The van der Waals surface area contributed by atoms with Gasteiger partial charge in [-0.05, 0) is 46.8 Å². The lowest BCUT2D eigenvalue weighted by Crippen LogP contribution is -2.33. The summed E-state index contributed by atoms with van der Waals surface area (Å²) in [6, 6.07) is 7.36. The second kappa shape index (κ2) is 7.24. The number of allylic oxidation sites excluding steroid dienone is 2. The smallest absolute Gasteiger partial charge is 0.243 e. The molecule has 2 rings (SSSR count). The van der Waals surface area contributed by atoms with E-state index in [2.05, 4.69) is 38.7 Å². The zero-order valence-corrected chi connectivity index (χ0v) is 12.7. The van der Waals surface area contributed by atoms with Crippen LogP contribution in [0.25, 0.3) is 0 Å². The van der Waals surface area contributed by atoms with Gasteiger partial charge in [0.2, 0.25) is 11.8 Å². The molecule has 1 aromatic rings. The molecule has 2 amide bonds. The zero-order valence-electron chi connectivity index (χ0n) is 11.1. The summed E-state index contributed by atoms with van der Waals surface area (Å²) in [6.07, 6.45) is 6.69. The predicted molar refractivity (Wildman–Crippen MR) is 82.3 cm³/mol. The van der Waals surface area contributed by atoms with Crippen molar-refractivity contribution in [1.82, 2.24) is 5.32 Å². The summed E-state index contributed by atoms with van der Waals surface area (Å²) < 4.78 is 0.816. The van der Waals surface area contributed by atoms with Crippen molar-refractivity contribution < 1.29 is 9.59 Å². The fraction of sp³-hybridized carbons (Fsp3) is 0.333. The topological polar surface area (TPSA) is 58.2 Å². The highest BCUT2D eigenvalue weighted by Crippen LogP contribution is 2.21. The highest BCUT2D eigenvalue weighted by molar-refractivity contribution is 9.10. The van der Waals surface area contributed by atoms with Gasteiger partial charge in [-0.15, -0.1) is 0 Å². The van der Waals surface area contributed by atoms with Crippen LogP contribution in [0.15, 0.2) is 40.9 Å². The molecule has 2 N–H and O–H groups in total. The quantitative estimate of drug-likeness (QED) is 0.812. The van der Waals surface area contributed by atoms with Crippen molar-refractivity contribution in [3.05, 3.63) is 40.9 Å². The van der Waals surface area contributed by atoms with E-state index in [1.54, 1.807) is 6.07 Å². The Labute approximate surface area is 126 Å². The average molecular weight is 337 g/mol.